The SMILES string of the molecule is CCCc1ccc2c(sc3c(F)c(C(=O)O)ccc32)c1F. The van der Waals surface area contributed by atoms with Crippen molar-refractivity contribution in [3.05, 3.63) is 47.0 Å². The fourth-order valence-corrected chi connectivity index (χ4v) is 3.71. The maximum atomic E-state index is 14.5. The number of thiophene rings is 1. The zero-order valence-corrected chi connectivity index (χ0v) is 12.1. The standard InChI is InChI=1S/C16H12F2O2S/c1-2-3-8-4-5-9-10-6-7-11(16(19)20)13(18)15(10)21-14(9)12(8)17/h4-7H,2-3H2,1H3,(H,19,20). The van der Waals surface area contributed by atoms with E-state index in [1.54, 1.807) is 18.2 Å². The predicted molar refractivity (Wildman–Crippen MR) is 80.2 cm³/mol. The number of benzene rings is 2. The van der Waals surface area contributed by atoms with Crippen molar-refractivity contribution < 1.29 is 18.7 Å². The molecule has 5 heteroatoms. The van der Waals surface area contributed by atoms with E-state index < -0.39 is 11.8 Å². The van der Waals surface area contributed by atoms with Crippen molar-refractivity contribution in [1.29, 1.82) is 0 Å². The van der Waals surface area contributed by atoms with E-state index in [0.29, 0.717) is 27.5 Å². The molecule has 3 aromatic rings. The Hall–Kier alpha value is -2.01. The van der Waals surface area contributed by atoms with Gasteiger partial charge >= 0.3 is 5.97 Å². The van der Waals surface area contributed by atoms with E-state index in [9.17, 15) is 13.6 Å². The number of halogens is 2. The molecule has 108 valence electrons. The number of fused-ring (bicyclic) bond motifs is 3. The number of carboxylic acids is 1. The molecule has 1 aromatic heterocycles. The molecule has 0 fully saturated rings. The van der Waals surface area contributed by atoms with Gasteiger partial charge in [0.1, 0.15) is 5.82 Å². The Morgan fingerprint density at radius 2 is 1.71 bits per heavy atom. The number of carbonyl (C=O) groups is 1. The average Bonchev–Trinajstić information content (AvgIpc) is 2.83. The summed E-state index contributed by atoms with van der Waals surface area (Å²) in [5.74, 6) is -2.44. The first kappa shape index (κ1) is 13.9. The van der Waals surface area contributed by atoms with Gasteiger partial charge in [-0.05, 0) is 18.1 Å². The second-order valence-electron chi connectivity index (χ2n) is 4.88. The second-order valence-corrected chi connectivity index (χ2v) is 5.90. The zero-order chi connectivity index (χ0) is 15.1. The number of rotatable bonds is 3. The monoisotopic (exact) mass is 306 g/mol. The summed E-state index contributed by atoms with van der Waals surface area (Å²) in [6.07, 6.45) is 1.45. The molecule has 0 aliphatic rings. The van der Waals surface area contributed by atoms with Crippen molar-refractivity contribution >= 4 is 37.5 Å². The molecule has 2 aromatic carbocycles. The normalized spacial score (nSPS) is 11.4. The molecule has 0 unspecified atom stereocenters. The Bertz CT molecular complexity index is 868. The summed E-state index contributed by atoms with van der Waals surface area (Å²) < 4.78 is 29.3. The lowest BCUT2D eigenvalue weighted by Crippen LogP contribution is -1.99. The molecule has 0 radical (unpaired) electrons. The fourth-order valence-electron chi connectivity index (χ4n) is 2.51. The summed E-state index contributed by atoms with van der Waals surface area (Å²) in [5, 5.41) is 10.1. The van der Waals surface area contributed by atoms with Crippen molar-refractivity contribution in [1.82, 2.24) is 0 Å². The lowest BCUT2D eigenvalue weighted by Gasteiger charge is -2.02. The van der Waals surface area contributed by atoms with Crippen LogP contribution in [0.4, 0.5) is 8.78 Å². The van der Waals surface area contributed by atoms with Gasteiger partial charge in [-0.3, -0.25) is 0 Å². The third-order valence-electron chi connectivity index (χ3n) is 3.52. The summed E-state index contributed by atoms with van der Waals surface area (Å²) in [7, 11) is 0. The highest BCUT2D eigenvalue weighted by atomic mass is 32.1. The number of aromatic carboxylic acids is 1. The molecule has 2 nitrogen and oxygen atoms in total. The third kappa shape index (κ3) is 2.08. The Morgan fingerprint density at radius 1 is 1.10 bits per heavy atom. The maximum Gasteiger partial charge on any atom is 0.338 e. The van der Waals surface area contributed by atoms with E-state index in [-0.39, 0.29) is 16.1 Å². The number of hydrogen-bond donors (Lipinski definition) is 1. The van der Waals surface area contributed by atoms with E-state index in [0.717, 1.165) is 17.8 Å². The molecule has 1 N–H and O–H groups in total. The maximum absolute atomic E-state index is 14.5. The van der Waals surface area contributed by atoms with E-state index in [2.05, 4.69) is 0 Å². The van der Waals surface area contributed by atoms with E-state index >= 15 is 0 Å². The van der Waals surface area contributed by atoms with Gasteiger partial charge in [-0.15, -0.1) is 11.3 Å². The molecule has 1 heterocycles. The van der Waals surface area contributed by atoms with Crippen LogP contribution in [0.25, 0.3) is 20.2 Å². The molecule has 0 spiro atoms. The van der Waals surface area contributed by atoms with Crippen LogP contribution in [0.1, 0.15) is 29.3 Å². The largest absolute Gasteiger partial charge is 0.478 e. The smallest absolute Gasteiger partial charge is 0.338 e. The highest BCUT2D eigenvalue weighted by Crippen LogP contribution is 2.38. The molecule has 0 saturated carbocycles. The lowest BCUT2D eigenvalue weighted by atomic mass is 10.1. The Kier molecular flexibility index (Phi) is 3.37. The summed E-state index contributed by atoms with van der Waals surface area (Å²) in [6.45, 7) is 1.97. The van der Waals surface area contributed by atoms with Crippen molar-refractivity contribution in [2.75, 3.05) is 0 Å². The predicted octanol–water partition coefficient (Wildman–Crippen LogP) is 4.98. The second kappa shape index (κ2) is 5.07. The van der Waals surface area contributed by atoms with Crippen LogP contribution in [0.2, 0.25) is 0 Å². The van der Waals surface area contributed by atoms with E-state index in [4.69, 9.17) is 5.11 Å². The van der Waals surface area contributed by atoms with Crippen LogP contribution < -0.4 is 0 Å². The first-order valence-corrected chi connectivity index (χ1v) is 7.41. The zero-order valence-electron chi connectivity index (χ0n) is 11.2. The summed E-state index contributed by atoms with van der Waals surface area (Å²) in [4.78, 5) is 11.0. The van der Waals surface area contributed by atoms with Gasteiger partial charge in [-0.25, -0.2) is 13.6 Å². The number of carboxylic acid groups (broad SMARTS) is 1. The van der Waals surface area contributed by atoms with Crippen LogP contribution in [-0.2, 0) is 6.42 Å². The third-order valence-corrected chi connectivity index (χ3v) is 4.72. The fraction of sp³-hybridized carbons (Fsp3) is 0.188. The first-order chi connectivity index (χ1) is 10.0. The molecule has 0 amide bonds. The highest BCUT2D eigenvalue weighted by Gasteiger charge is 2.19. The van der Waals surface area contributed by atoms with Crippen molar-refractivity contribution in [3.63, 3.8) is 0 Å². The van der Waals surface area contributed by atoms with Gasteiger partial charge in [-0.2, -0.15) is 0 Å². The van der Waals surface area contributed by atoms with Crippen molar-refractivity contribution in [3.8, 4) is 0 Å². The van der Waals surface area contributed by atoms with Gasteiger partial charge < -0.3 is 5.11 Å². The number of aryl methyl sites for hydroxylation is 1. The topological polar surface area (TPSA) is 37.3 Å². The lowest BCUT2D eigenvalue weighted by molar-refractivity contribution is 0.0692. The number of hydrogen-bond acceptors (Lipinski definition) is 2. The molecular weight excluding hydrogens is 294 g/mol. The summed E-state index contributed by atoms with van der Waals surface area (Å²) in [5.41, 5.74) is 0.221. The molecule has 0 bridgehead atoms. The van der Waals surface area contributed by atoms with Gasteiger partial charge in [0.05, 0.1) is 15.0 Å². The minimum atomic E-state index is -1.32. The first-order valence-electron chi connectivity index (χ1n) is 6.60. The Morgan fingerprint density at radius 3 is 2.33 bits per heavy atom. The quantitative estimate of drug-likeness (QED) is 0.740. The van der Waals surface area contributed by atoms with E-state index in [1.165, 1.54) is 6.07 Å². The van der Waals surface area contributed by atoms with Gasteiger partial charge in [0.25, 0.3) is 0 Å². The van der Waals surface area contributed by atoms with Gasteiger partial charge in [-0.1, -0.05) is 31.5 Å². The van der Waals surface area contributed by atoms with Crippen LogP contribution in [0.3, 0.4) is 0 Å². The molecule has 0 saturated heterocycles. The molecular formula is C16H12F2O2S. The Balaban J connectivity index is 2.36. The Labute approximate surface area is 123 Å². The van der Waals surface area contributed by atoms with Crippen LogP contribution in [0.15, 0.2) is 24.3 Å². The van der Waals surface area contributed by atoms with Gasteiger partial charge in [0.2, 0.25) is 0 Å². The highest BCUT2D eigenvalue weighted by molar-refractivity contribution is 7.25. The summed E-state index contributed by atoms with van der Waals surface area (Å²) in [6, 6.07) is 6.27. The van der Waals surface area contributed by atoms with Crippen molar-refractivity contribution in [2.45, 2.75) is 19.8 Å². The van der Waals surface area contributed by atoms with Crippen LogP contribution >= 0.6 is 11.3 Å². The average molecular weight is 306 g/mol. The molecule has 0 atom stereocenters. The van der Waals surface area contributed by atoms with E-state index in [1.807, 2.05) is 6.92 Å². The van der Waals surface area contributed by atoms with Crippen LogP contribution in [-0.4, -0.2) is 11.1 Å². The molecule has 0 aliphatic carbocycles. The minimum absolute atomic E-state index is 0.192. The van der Waals surface area contributed by atoms with Crippen molar-refractivity contribution in [2.24, 2.45) is 0 Å². The van der Waals surface area contributed by atoms with Crippen LogP contribution in [0.5, 0.6) is 0 Å². The molecule has 3 rings (SSSR count). The summed E-state index contributed by atoms with van der Waals surface area (Å²) >= 11 is 0.973. The minimum Gasteiger partial charge on any atom is -0.478 e. The molecule has 21 heavy (non-hydrogen) atoms. The van der Waals surface area contributed by atoms with Crippen LogP contribution in [0, 0.1) is 11.6 Å². The van der Waals surface area contributed by atoms with Gasteiger partial charge in [0, 0.05) is 10.8 Å². The molecule has 0 aliphatic heterocycles. The van der Waals surface area contributed by atoms with Gasteiger partial charge in [0.15, 0.2) is 5.82 Å².